The lowest BCUT2D eigenvalue weighted by atomic mass is 10.1. The van der Waals surface area contributed by atoms with Crippen LogP contribution in [0.5, 0.6) is 0 Å². The van der Waals surface area contributed by atoms with E-state index in [1.54, 1.807) is 24.3 Å². The molecule has 2 aliphatic rings. The first-order chi connectivity index (χ1) is 10.1. The summed E-state index contributed by atoms with van der Waals surface area (Å²) in [7, 11) is 0. The number of likely N-dealkylation sites (tertiary alicyclic amines) is 1. The Labute approximate surface area is 122 Å². The van der Waals surface area contributed by atoms with E-state index < -0.39 is 4.92 Å². The fourth-order valence-corrected chi connectivity index (χ4v) is 3.09. The molecule has 2 saturated heterocycles. The number of carbonyl (C=O) groups is 1. The van der Waals surface area contributed by atoms with Crippen LogP contribution in [-0.2, 0) is 4.79 Å². The third kappa shape index (κ3) is 2.80. The summed E-state index contributed by atoms with van der Waals surface area (Å²) in [5, 5.41) is 13.9. The van der Waals surface area contributed by atoms with Crippen molar-refractivity contribution in [1.29, 1.82) is 0 Å². The number of fused-ring (bicyclic) bond motifs is 1. The topological polar surface area (TPSA) is 75.5 Å². The number of non-ortho nitro benzene ring substituents is 1. The number of rotatable bonds is 3. The minimum atomic E-state index is -0.434. The molecule has 21 heavy (non-hydrogen) atoms. The van der Waals surface area contributed by atoms with E-state index in [1.165, 1.54) is 12.1 Å². The average molecular weight is 287 g/mol. The van der Waals surface area contributed by atoms with Crippen LogP contribution in [0.15, 0.2) is 30.3 Å². The van der Waals surface area contributed by atoms with Gasteiger partial charge in [0.15, 0.2) is 0 Å². The monoisotopic (exact) mass is 287 g/mol. The number of nitrogens with zero attached hydrogens (tertiary/aromatic N) is 2. The van der Waals surface area contributed by atoms with Gasteiger partial charge in [-0.1, -0.05) is 0 Å². The number of nitro benzene ring substituents is 1. The number of hydrogen-bond donors (Lipinski definition) is 1. The van der Waals surface area contributed by atoms with Crippen LogP contribution in [0, 0.1) is 16.0 Å². The van der Waals surface area contributed by atoms with Gasteiger partial charge in [0, 0.05) is 43.9 Å². The molecule has 0 radical (unpaired) electrons. The summed E-state index contributed by atoms with van der Waals surface area (Å²) in [6, 6.07) is 6.49. The molecule has 1 aromatic rings. The minimum Gasteiger partial charge on any atom is -0.335 e. The molecule has 6 heteroatoms. The van der Waals surface area contributed by atoms with Crippen molar-refractivity contribution < 1.29 is 9.72 Å². The summed E-state index contributed by atoms with van der Waals surface area (Å²) in [6.07, 6.45) is 4.33. The van der Waals surface area contributed by atoms with E-state index in [2.05, 4.69) is 5.32 Å². The summed E-state index contributed by atoms with van der Waals surface area (Å²) >= 11 is 0. The summed E-state index contributed by atoms with van der Waals surface area (Å²) in [4.78, 5) is 24.3. The second-order valence-electron chi connectivity index (χ2n) is 5.49. The van der Waals surface area contributed by atoms with Gasteiger partial charge in [-0.2, -0.15) is 0 Å². The number of hydrogen-bond acceptors (Lipinski definition) is 4. The second kappa shape index (κ2) is 5.65. The molecule has 3 rings (SSSR count). The van der Waals surface area contributed by atoms with E-state index in [9.17, 15) is 14.9 Å². The molecule has 6 nitrogen and oxygen atoms in total. The molecule has 2 fully saturated rings. The number of nitro groups is 1. The van der Waals surface area contributed by atoms with Crippen molar-refractivity contribution in [3.05, 3.63) is 46.0 Å². The molecular formula is C15H17N3O3. The van der Waals surface area contributed by atoms with Crippen molar-refractivity contribution in [3.63, 3.8) is 0 Å². The molecule has 1 N–H and O–H groups in total. The van der Waals surface area contributed by atoms with Gasteiger partial charge in [-0.25, -0.2) is 0 Å². The van der Waals surface area contributed by atoms with E-state index in [1.807, 2.05) is 4.90 Å². The van der Waals surface area contributed by atoms with Gasteiger partial charge >= 0.3 is 0 Å². The zero-order valence-corrected chi connectivity index (χ0v) is 11.6. The predicted octanol–water partition coefficient (Wildman–Crippen LogP) is 1.43. The third-order valence-electron chi connectivity index (χ3n) is 4.25. The Kier molecular flexibility index (Phi) is 3.70. The Bertz CT molecular complexity index is 582. The Morgan fingerprint density at radius 1 is 1.33 bits per heavy atom. The number of carbonyl (C=O) groups excluding carboxylic acids is 1. The largest absolute Gasteiger partial charge is 0.335 e. The van der Waals surface area contributed by atoms with Crippen LogP contribution in [0.2, 0.25) is 0 Å². The van der Waals surface area contributed by atoms with Gasteiger partial charge in [-0.15, -0.1) is 0 Å². The smallest absolute Gasteiger partial charge is 0.269 e. The molecule has 0 aromatic heterocycles. The fourth-order valence-electron chi connectivity index (χ4n) is 3.09. The Balaban J connectivity index is 1.65. The van der Waals surface area contributed by atoms with Crippen molar-refractivity contribution in [3.8, 4) is 0 Å². The minimum absolute atomic E-state index is 0.0181. The first kappa shape index (κ1) is 13.8. The van der Waals surface area contributed by atoms with Gasteiger partial charge in [0.2, 0.25) is 5.91 Å². The van der Waals surface area contributed by atoms with E-state index in [0.717, 1.165) is 31.6 Å². The van der Waals surface area contributed by atoms with Crippen LogP contribution in [-0.4, -0.2) is 41.4 Å². The Hall–Kier alpha value is -2.21. The first-order valence-corrected chi connectivity index (χ1v) is 7.09. The van der Waals surface area contributed by atoms with Gasteiger partial charge in [0.05, 0.1) is 4.92 Å². The molecular weight excluding hydrogens is 270 g/mol. The maximum absolute atomic E-state index is 12.2. The van der Waals surface area contributed by atoms with Gasteiger partial charge in [-0.05, 0) is 36.1 Å². The zero-order valence-electron chi connectivity index (χ0n) is 11.6. The molecule has 2 aliphatic heterocycles. The first-order valence-electron chi connectivity index (χ1n) is 7.09. The molecule has 1 amide bonds. The van der Waals surface area contributed by atoms with Crippen molar-refractivity contribution in [1.82, 2.24) is 10.2 Å². The molecule has 0 bridgehead atoms. The van der Waals surface area contributed by atoms with E-state index in [0.29, 0.717) is 12.0 Å². The van der Waals surface area contributed by atoms with E-state index in [4.69, 9.17) is 0 Å². The van der Waals surface area contributed by atoms with Crippen molar-refractivity contribution in [2.75, 3.05) is 19.6 Å². The van der Waals surface area contributed by atoms with Crippen molar-refractivity contribution in [2.24, 2.45) is 5.92 Å². The second-order valence-corrected chi connectivity index (χ2v) is 5.49. The molecule has 0 saturated carbocycles. The van der Waals surface area contributed by atoms with Gasteiger partial charge < -0.3 is 10.2 Å². The highest BCUT2D eigenvalue weighted by atomic mass is 16.6. The molecule has 2 heterocycles. The normalized spacial score (nSPS) is 24.5. The SMILES string of the molecule is O=C(/C=C/c1ccc([N+](=O)[O-])cc1)N1CC[C@H]2CNC[C@H]21. The van der Waals surface area contributed by atoms with E-state index >= 15 is 0 Å². The molecule has 0 spiro atoms. The van der Waals surface area contributed by atoms with E-state index in [-0.39, 0.29) is 11.6 Å². The highest BCUT2D eigenvalue weighted by molar-refractivity contribution is 5.92. The molecule has 0 unspecified atom stereocenters. The summed E-state index contributed by atoms with van der Waals surface area (Å²) in [5.41, 5.74) is 0.840. The highest BCUT2D eigenvalue weighted by Gasteiger charge is 2.38. The van der Waals surface area contributed by atoms with Gasteiger partial charge in [0.1, 0.15) is 0 Å². The van der Waals surface area contributed by atoms with Crippen LogP contribution in [0.4, 0.5) is 5.69 Å². The third-order valence-corrected chi connectivity index (χ3v) is 4.25. The standard InChI is InChI=1S/C15H17N3O3/c19-15(17-8-7-12-9-16-10-14(12)17)6-3-11-1-4-13(5-2-11)18(20)21/h1-6,12,14,16H,7-10H2/b6-3+/t12-,14+/m0/s1. The van der Waals surface area contributed by atoms with Crippen LogP contribution in [0.25, 0.3) is 6.08 Å². The number of nitrogens with one attached hydrogen (secondary N) is 1. The van der Waals surface area contributed by atoms with Crippen LogP contribution in [0.3, 0.4) is 0 Å². The average Bonchev–Trinajstić information content (AvgIpc) is 3.08. The lowest BCUT2D eigenvalue weighted by Crippen LogP contribution is -2.38. The number of benzene rings is 1. The Morgan fingerprint density at radius 2 is 2.10 bits per heavy atom. The summed E-state index contributed by atoms with van der Waals surface area (Å²) in [5.74, 6) is 0.603. The predicted molar refractivity (Wildman–Crippen MR) is 78.6 cm³/mol. The van der Waals surface area contributed by atoms with Crippen molar-refractivity contribution in [2.45, 2.75) is 12.5 Å². The maximum atomic E-state index is 12.2. The lowest BCUT2D eigenvalue weighted by molar-refractivity contribution is -0.384. The van der Waals surface area contributed by atoms with Gasteiger partial charge in [0.25, 0.3) is 5.69 Å². The molecule has 2 atom stereocenters. The quantitative estimate of drug-likeness (QED) is 0.518. The number of amides is 1. The fraction of sp³-hybridized carbons (Fsp3) is 0.400. The molecule has 110 valence electrons. The van der Waals surface area contributed by atoms with Crippen LogP contribution < -0.4 is 5.32 Å². The van der Waals surface area contributed by atoms with Crippen molar-refractivity contribution >= 4 is 17.7 Å². The van der Waals surface area contributed by atoms with Crippen LogP contribution in [0.1, 0.15) is 12.0 Å². The van der Waals surface area contributed by atoms with Crippen LogP contribution >= 0.6 is 0 Å². The zero-order chi connectivity index (χ0) is 14.8. The highest BCUT2D eigenvalue weighted by Crippen LogP contribution is 2.27. The summed E-state index contributed by atoms with van der Waals surface area (Å²) in [6.45, 7) is 2.70. The lowest BCUT2D eigenvalue weighted by Gasteiger charge is -2.21. The molecule has 0 aliphatic carbocycles. The Morgan fingerprint density at radius 3 is 2.81 bits per heavy atom. The summed E-state index contributed by atoms with van der Waals surface area (Å²) < 4.78 is 0. The maximum Gasteiger partial charge on any atom is 0.269 e. The van der Waals surface area contributed by atoms with Gasteiger partial charge in [-0.3, -0.25) is 14.9 Å². The molecule has 1 aromatic carbocycles.